The third-order valence-corrected chi connectivity index (χ3v) is 5.91. The molecule has 1 aromatic heterocycles. The quantitative estimate of drug-likeness (QED) is 0.435. The largest absolute Gasteiger partial charge is 0.356 e. The highest BCUT2D eigenvalue weighted by atomic mass is 32.1. The van der Waals surface area contributed by atoms with Crippen LogP contribution in [-0.2, 0) is 6.42 Å². The summed E-state index contributed by atoms with van der Waals surface area (Å²) in [6.45, 7) is 10.6. The monoisotopic (exact) mass is 364 g/mol. The molecule has 0 spiro atoms. The van der Waals surface area contributed by atoms with E-state index in [2.05, 4.69) is 58.5 Å². The summed E-state index contributed by atoms with van der Waals surface area (Å²) in [4.78, 5) is 10.7. The van der Waals surface area contributed by atoms with Crippen molar-refractivity contribution in [3.8, 4) is 0 Å². The number of aliphatic imine (C=N–C) groups is 1. The Kier molecular flexibility index (Phi) is 8.76. The molecule has 1 aliphatic heterocycles. The van der Waals surface area contributed by atoms with Gasteiger partial charge in [0.1, 0.15) is 0 Å². The average Bonchev–Trinajstić information content (AvgIpc) is 3.08. The molecule has 0 aromatic carbocycles. The second-order valence-electron chi connectivity index (χ2n) is 7.64. The van der Waals surface area contributed by atoms with Gasteiger partial charge in [0.05, 0.1) is 0 Å². The van der Waals surface area contributed by atoms with Crippen molar-refractivity contribution >= 4 is 17.3 Å². The van der Waals surface area contributed by atoms with Crippen molar-refractivity contribution in [3.05, 3.63) is 22.4 Å². The summed E-state index contributed by atoms with van der Waals surface area (Å²) in [5.41, 5.74) is 0. The maximum Gasteiger partial charge on any atom is 0.193 e. The number of likely N-dealkylation sites (tertiary alicyclic amines) is 1. The fourth-order valence-corrected chi connectivity index (χ4v) is 4.56. The SMILES string of the molecule is CN=C(NCCCCN1CC(C)CC(C)C1)N(C)CCc1cccs1. The van der Waals surface area contributed by atoms with Gasteiger partial charge in [-0.2, -0.15) is 0 Å². The molecule has 5 heteroatoms. The van der Waals surface area contributed by atoms with Gasteiger partial charge in [-0.15, -0.1) is 11.3 Å². The maximum atomic E-state index is 4.42. The molecule has 2 heterocycles. The molecule has 25 heavy (non-hydrogen) atoms. The molecule has 4 nitrogen and oxygen atoms in total. The molecule has 0 bridgehead atoms. The van der Waals surface area contributed by atoms with E-state index in [1.54, 1.807) is 0 Å². The van der Waals surface area contributed by atoms with Crippen LogP contribution in [0.2, 0.25) is 0 Å². The van der Waals surface area contributed by atoms with E-state index in [0.29, 0.717) is 0 Å². The summed E-state index contributed by atoms with van der Waals surface area (Å²) < 4.78 is 0. The molecule has 142 valence electrons. The number of hydrogen-bond acceptors (Lipinski definition) is 3. The lowest BCUT2D eigenvalue weighted by Crippen LogP contribution is -2.41. The summed E-state index contributed by atoms with van der Waals surface area (Å²) in [6, 6.07) is 4.33. The Hall–Kier alpha value is -1.07. The average molecular weight is 365 g/mol. The van der Waals surface area contributed by atoms with Crippen LogP contribution in [0, 0.1) is 11.8 Å². The molecule has 1 aliphatic rings. The highest BCUT2D eigenvalue weighted by Gasteiger charge is 2.20. The van der Waals surface area contributed by atoms with Crippen molar-refractivity contribution in [1.82, 2.24) is 15.1 Å². The first-order valence-electron chi connectivity index (χ1n) is 9.75. The number of guanidine groups is 1. The van der Waals surface area contributed by atoms with Gasteiger partial charge in [0.2, 0.25) is 0 Å². The van der Waals surface area contributed by atoms with Crippen LogP contribution < -0.4 is 5.32 Å². The van der Waals surface area contributed by atoms with Crippen LogP contribution in [0.3, 0.4) is 0 Å². The van der Waals surface area contributed by atoms with Crippen LogP contribution in [0.1, 0.15) is 38.0 Å². The van der Waals surface area contributed by atoms with Gasteiger partial charge < -0.3 is 15.1 Å². The molecular weight excluding hydrogens is 328 g/mol. The molecule has 2 rings (SSSR count). The van der Waals surface area contributed by atoms with E-state index in [1.807, 2.05) is 18.4 Å². The molecule has 1 fully saturated rings. The number of nitrogens with zero attached hydrogens (tertiary/aromatic N) is 3. The van der Waals surface area contributed by atoms with Crippen LogP contribution in [0.15, 0.2) is 22.5 Å². The van der Waals surface area contributed by atoms with Gasteiger partial charge in [0.25, 0.3) is 0 Å². The van der Waals surface area contributed by atoms with Gasteiger partial charge in [-0.05, 0) is 55.5 Å². The van der Waals surface area contributed by atoms with Crippen LogP contribution >= 0.6 is 11.3 Å². The highest BCUT2D eigenvalue weighted by Crippen LogP contribution is 2.20. The van der Waals surface area contributed by atoms with Gasteiger partial charge in [-0.25, -0.2) is 0 Å². The molecule has 0 aliphatic carbocycles. The third-order valence-electron chi connectivity index (χ3n) is 4.98. The van der Waals surface area contributed by atoms with Gasteiger partial charge in [-0.1, -0.05) is 19.9 Å². The number of likely N-dealkylation sites (N-methyl/N-ethyl adjacent to an activating group) is 1. The first-order chi connectivity index (χ1) is 12.1. The zero-order chi connectivity index (χ0) is 18.1. The van der Waals surface area contributed by atoms with E-state index < -0.39 is 0 Å². The fraction of sp³-hybridized carbons (Fsp3) is 0.750. The maximum absolute atomic E-state index is 4.42. The predicted molar refractivity (Wildman–Crippen MR) is 111 cm³/mol. The van der Waals surface area contributed by atoms with Crippen LogP contribution in [0.4, 0.5) is 0 Å². The number of thiophene rings is 1. The van der Waals surface area contributed by atoms with E-state index in [0.717, 1.165) is 37.3 Å². The van der Waals surface area contributed by atoms with E-state index in [4.69, 9.17) is 0 Å². The van der Waals surface area contributed by atoms with Crippen molar-refractivity contribution in [2.75, 3.05) is 46.8 Å². The first-order valence-corrected chi connectivity index (χ1v) is 10.6. The van der Waals surface area contributed by atoms with Crippen LogP contribution in [-0.4, -0.2) is 62.6 Å². The lowest BCUT2D eigenvalue weighted by atomic mass is 9.92. The topological polar surface area (TPSA) is 30.9 Å². The molecule has 0 amide bonds. The Morgan fingerprint density at radius 2 is 2.08 bits per heavy atom. The van der Waals surface area contributed by atoms with E-state index in [1.165, 1.54) is 43.8 Å². The molecule has 1 saturated heterocycles. The Labute approximate surface area is 158 Å². The zero-order valence-electron chi connectivity index (χ0n) is 16.5. The third kappa shape index (κ3) is 7.37. The molecule has 2 unspecified atom stereocenters. The Balaban J connectivity index is 1.59. The second kappa shape index (κ2) is 10.8. The first kappa shape index (κ1) is 20.2. The fourth-order valence-electron chi connectivity index (χ4n) is 3.86. The molecule has 2 atom stereocenters. The van der Waals surface area contributed by atoms with Crippen molar-refractivity contribution in [1.29, 1.82) is 0 Å². The summed E-state index contributed by atoms with van der Waals surface area (Å²) >= 11 is 1.83. The zero-order valence-corrected chi connectivity index (χ0v) is 17.3. The highest BCUT2D eigenvalue weighted by molar-refractivity contribution is 7.09. The van der Waals surface area contributed by atoms with Gasteiger partial charge in [0.15, 0.2) is 5.96 Å². The van der Waals surface area contributed by atoms with Crippen LogP contribution in [0.25, 0.3) is 0 Å². The summed E-state index contributed by atoms with van der Waals surface area (Å²) in [6.07, 6.45) is 4.95. The van der Waals surface area contributed by atoms with Crippen molar-refractivity contribution in [2.45, 2.75) is 39.5 Å². The van der Waals surface area contributed by atoms with E-state index >= 15 is 0 Å². The normalized spacial score (nSPS) is 22.2. The molecule has 0 radical (unpaired) electrons. The van der Waals surface area contributed by atoms with Gasteiger partial charge in [-0.3, -0.25) is 4.99 Å². The van der Waals surface area contributed by atoms with Gasteiger partial charge in [0, 0.05) is 45.2 Å². The molecule has 1 N–H and O–H groups in total. The Morgan fingerprint density at radius 3 is 2.72 bits per heavy atom. The molecule has 0 saturated carbocycles. The molecule has 1 aromatic rings. The number of hydrogen-bond donors (Lipinski definition) is 1. The summed E-state index contributed by atoms with van der Waals surface area (Å²) in [7, 11) is 4.00. The Morgan fingerprint density at radius 1 is 1.32 bits per heavy atom. The minimum Gasteiger partial charge on any atom is -0.356 e. The molecular formula is C20H36N4S. The number of unbranched alkanes of at least 4 members (excludes halogenated alkanes) is 1. The minimum atomic E-state index is 0.859. The number of nitrogens with one attached hydrogen (secondary N) is 1. The second-order valence-corrected chi connectivity index (χ2v) is 8.67. The van der Waals surface area contributed by atoms with Crippen molar-refractivity contribution in [2.24, 2.45) is 16.8 Å². The van der Waals surface area contributed by atoms with E-state index in [9.17, 15) is 0 Å². The predicted octanol–water partition coefficient (Wildman–Crippen LogP) is 3.56. The lowest BCUT2D eigenvalue weighted by molar-refractivity contribution is 0.139. The Bertz CT molecular complexity index is 490. The number of rotatable bonds is 8. The van der Waals surface area contributed by atoms with Crippen molar-refractivity contribution in [3.63, 3.8) is 0 Å². The number of piperidine rings is 1. The smallest absolute Gasteiger partial charge is 0.193 e. The summed E-state index contributed by atoms with van der Waals surface area (Å²) in [5, 5.41) is 5.66. The standard InChI is InChI=1S/C20H36N4S/c1-17-14-18(2)16-24(15-17)11-6-5-10-22-20(21-3)23(4)12-9-19-8-7-13-25-19/h7-8,13,17-18H,5-6,9-12,14-16H2,1-4H3,(H,21,22). The lowest BCUT2D eigenvalue weighted by Gasteiger charge is -2.35. The minimum absolute atomic E-state index is 0.859. The van der Waals surface area contributed by atoms with E-state index in [-0.39, 0.29) is 0 Å². The van der Waals surface area contributed by atoms with Crippen molar-refractivity contribution < 1.29 is 0 Å². The van der Waals surface area contributed by atoms with Gasteiger partial charge >= 0.3 is 0 Å². The summed E-state index contributed by atoms with van der Waals surface area (Å²) in [5.74, 6) is 2.73. The van der Waals surface area contributed by atoms with Crippen LogP contribution in [0.5, 0.6) is 0 Å².